The van der Waals surface area contributed by atoms with Crippen LogP contribution in [0.2, 0.25) is 0 Å². The van der Waals surface area contributed by atoms with E-state index in [1.165, 1.54) is 12.1 Å². The van der Waals surface area contributed by atoms with Crippen molar-refractivity contribution >= 4 is 29.5 Å². The van der Waals surface area contributed by atoms with Gasteiger partial charge in [0, 0.05) is 44.9 Å². The lowest BCUT2D eigenvalue weighted by Crippen LogP contribution is -2.58. The molecule has 1 aliphatic heterocycles. The maximum Gasteiger partial charge on any atom is 0.243 e. The molecule has 5 amide bonds. The fourth-order valence-electron chi connectivity index (χ4n) is 5.94. The maximum atomic E-state index is 14.0. The number of rotatable bonds is 17. The summed E-state index contributed by atoms with van der Waals surface area (Å²) in [6.07, 6.45) is 1.96. The molecule has 4 bridgehead atoms. The number of nitrogens with two attached hydrogens (primary N) is 5. The van der Waals surface area contributed by atoms with E-state index in [9.17, 15) is 34.2 Å². The van der Waals surface area contributed by atoms with Crippen LogP contribution in [0.15, 0.2) is 36.4 Å². The van der Waals surface area contributed by atoms with Crippen LogP contribution >= 0.6 is 0 Å². The molecule has 292 valence electrons. The summed E-state index contributed by atoms with van der Waals surface area (Å²) in [4.78, 5) is 66.2. The minimum atomic E-state index is -1.30. The van der Waals surface area contributed by atoms with E-state index in [0.717, 1.165) is 0 Å². The van der Waals surface area contributed by atoms with Crippen LogP contribution in [0.5, 0.6) is 11.5 Å². The lowest BCUT2D eigenvalue weighted by Gasteiger charge is -2.26. The first-order valence-corrected chi connectivity index (χ1v) is 18.1. The van der Waals surface area contributed by atoms with Crippen molar-refractivity contribution in [3.8, 4) is 22.6 Å². The van der Waals surface area contributed by atoms with Gasteiger partial charge < -0.3 is 65.5 Å². The molecule has 5 atom stereocenters. The number of aromatic hydroxyl groups is 2. The number of hydrogen-bond acceptors (Lipinski definition) is 12. The molecule has 0 saturated heterocycles. The first-order valence-electron chi connectivity index (χ1n) is 18.1. The Balaban J connectivity index is 1.87. The van der Waals surface area contributed by atoms with Crippen LogP contribution in [0.4, 0.5) is 0 Å². The van der Waals surface area contributed by atoms with Gasteiger partial charge in [-0.15, -0.1) is 0 Å². The third kappa shape index (κ3) is 13.6. The summed E-state index contributed by atoms with van der Waals surface area (Å²) in [5.41, 5.74) is 31.2. The van der Waals surface area contributed by atoms with Crippen molar-refractivity contribution < 1.29 is 34.2 Å². The zero-order chi connectivity index (χ0) is 38.9. The molecule has 2 aromatic carbocycles. The van der Waals surface area contributed by atoms with Crippen LogP contribution in [0, 0.1) is 0 Å². The number of benzene rings is 2. The van der Waals surface area contributed by atoms with Gasteiger partial charge in [-0.1, -0.05) is 12.1 Å². The molecule has 1 heterocycles. The lowest BCUT2D eigenvalue weighted by atomic mass is 9.95. The van der Waals surface area contributed by atoms with Crippen molar-refractivity contribution in [1.29, 1.82) is 0 Å². The summed E-state index contributed by atoms with van der Waals surface area (Å²) in [6.45, 7) is 1.39. The fraction of sp³-hybridized carbons (Fsp3) is 0.528. The Morgan fingerprint density at radius 3 is 2.06 bits per heavy atom. The molecule has 0 radical (unpaired) electrons. The van der Waals surface area contributed by atoms with Gasteiger partial charge >= 0.3 is 0 Å². The van der Waals surface area contributed by atoms with Crippen LogP contribution < -0.4 is 55.3 Å². The Labute approximate surface area is 309 Å². The quantitative estimate of drug-likeness (QED) is 0.0770. The minimum absolute atomic E-state index is 0.0296. The molecule has 53 heavy (non-hydrogen) atoms. The van der Waals surface area contributed by atoms with Crippen molar-refractivity contribution in [2.75, 3.05) is 32.7 Å². The lowest BCUT2D eigenvalue weighted by molar-refractivity contribution is -0.134. The number of carbonyl (C=O) groups is 5. The van der Waals surface area contributed by atoms with E-state index in [4.69, 9.17) is 28.7 Å². The number of nitrogens with one attached hydrogen (secondary N) is 5. The Morgan fingerprint density at radius 2 is 1.43 bits per heavy atom. The summed E-state index contributed by atoms with van der Waals surface area (Å²) in [5.74, 6) is -2.91. The van der Waals surface area contributed by atoms with Crippen molar-refractivity contribution in [3.05, 3.63) is 47.5 Å². The second-order valence-electron chi connectivity index (χ2n) is 13.3. The van der Waals surface area contributed by atoms with E-state index in [2.05, 4.69) is 26.6 Å². The molecule has 2 aromatic rings. The topological polar surface area (TPSA) is 316 Å². The fourth-order valence-corrected chi connectivity index (χ4v) is 5.94. The predicted octanol–water partition coefficient (Wildman–Crippen LogP) is -2.19. The molecule has 17 N–H and O–H groups in total. The molecule has 0 saturated carbocycles. The van der Waals surface area contributed by atoms with E-state index < -0.39 is 53.8 Å². The van der Waals surface area contributed by atoms with Crippen molar-refractivity contribution in [1.82, 2.24) is 26.6 Å². The summed E-state index contributed by atoms with van der Waals surface area (Å²) < 4.78 is 0. The zero-order valence-electron chi connectivity index (χ0n) is 30.1. The van der Waals surface area contributed by atoms with Gasteiger partial charge in [-0.25, -0.2) is 0 Å². The molecule has 17 nitrogen and oxygen atoms in total. The molecule has 3 rings (SSSR count). The van der Waals surface area contributed by atoms with E-state index in [-0.39, 0.29) is 69.1 Å². The summed E-state index contributed by atoms with van der Waals surface area (Å²) in [6, 6.07) is 4.65. The number of fused-ring (bicyclic) bond motifs is 5. The predicted molar refractivity (Wildman–Crippen MR) is 200 cm³/mol. The molecule has 17 heteroatoms. The van der Waals surface area contributed by atoms with E-state index in [1.807, 2.05) is 0 Å². The highest BCUT2D eigenvalue weighted by Gasteiger charge is 2.31. The Kier molecular flexibility index (Phi) is 17.4. The zero-order valence-corrected chi connectivity index (χ0v) is 30.1. The number of phenolic OH excluding ortho intramolecular Hbond substituents is 2. The molecule has 0 fully saturated rings. The van der Waals surface area contributed by atoms with Crippen LogP contribution in [0.1, 0.15) is 56.1 Å². The van der Waals surface area contributed by atoms with Crippen LogP contribution in [0.3, 0.4) is 0 Å². The van der Waals surface area contributed by atoms with Crippen molar-refractivity contribution in [3.63, 3.8) is 0 Å². The highest BCUT2D eigenvalue weighted by molar-refractivity contribution is 5.95. The van der Waals surface area contributed by atoms with Gasteiger partial charge in [0.05, 0.1) is 6.04 Å². The smallest absolute Gasteiger partial charge is 0.243 e. The summed E-state index contributed by atoms with van der Waals surface area (Å²) >= 11 is 0. The number of hydrogen-bond donors (Lipinski definition) is 12. The summed E-state index contributed by atoms with van der Waals surface area (Å²) in [5, 5.41) is 35.0. The average Bonchev–Trinajstić information content (AvgIpc) is 3.13. The molecular formula is C36H56N10O7. The molecule has 0 spiro atoms. The van der Waals surface area contributed by atoms with Gasteiger partial charge in [-0.3, -0.25) is 24.0 Å². The van der Waals surface area contributed by atoms with Gasteiger partial charge in [0.15, 0.2) is 0 Å². The van der Waals surface area contributed by atoms with Crippen LogP contribution in [0.25, 0.3) is 11.1 Å². The minimum Gasteiger partial charge on any atom is -0.508 e. The highest BCUT2D eigenvalue weighted by atomic mass is 16.3. The highest BCUT2D eigenvalue weighted by Crippen LogP contribution is 2.31. The SMILES string of the molecule is NCCC[C@H](NC(=O)[C@@H]1Cc2cc(ccc2O)-c2ccc(O)c(c2)C[C@H](N)C(=O)N[C@@H](CCCN)C(=O)N1)C(=O)NCCC[C@@H](N)CC(=O)NCCN. The van der Waals surface area contributed by atoms with Crippen LogP contribution in [-0.2, 0) is 36.8 Å². The third-order valence-corrected chi connectivity index (χ3v) is 8.95. The first kappa shape index (κ1) is 42.6. The second kappa shape index (κ2) is 21.7. The first-order chi connectivity index (χ1) is 25.4. The maximum absolute atomic E-state index is 14.0. The molecule has 1 aliphatic rings. The van der Waals surface area contributed by atoms with E-state index in [1.54, 1.807) is 24.3 Å². The number of amides is 5. The molecule has 0 aliphatic carbocycles. The van der Waals surface area contributed by atoms with Gasteiger partial charge in [0.2, 0.25) is 29.5 Å². The molecule has 0 aromatic heterocycles. The molecular weight excluding hydrogens is 684 g/mol. The number of phenols is 2. The third-order valence-electron chi connectivity index (χ3n) is 8.95. The van der Waals surface area contributed by atoms with Gasteiger partial charge in [0.1, 0.15) is 29.6 Å². The number of carbonyl (C=O) groups excluding carboxylic acids is 5. The van der Waals surface area contributed by atoms with Crippen molar-refractivity contribution in [2.24, 2.45) is 28.7 Å². The van der Waals surface area contributed by atoms with Gasteiger partial charge in [-0.2, -0.15) is 0 Å². The van der Waals surface area contributed by atoms with Gasteiger partial charge in [-0.05, 0) is 98.1 Å². The molecule has 0 unspecified atom stereocenters. The Morgan fingerprint density at radius 1 is 0.792 bits per heavy atom. The Hall–Kier alpha value is -4.81. The van der Waals surface area contributed by atoms with E-state index >= 15 is 0 Å². The normalized spacial score (nSPS) is 18.7. The largest absolute Gasteiger partial charge is 0.508 e. The average molecular weight is 741 g/mol. The summed E-state index contributed by atoms with van der Waals surface area (Å²) in [7, 11) is 0. The van der Waals surface area contributed by atoms with Crippen LogP contribution in [-0.4, -0.2) is 103 Å². The standard InChI is InChI=1S/C36H56N10O7/c37-11-1-5-27(34(51)43-14-3-4-25(40)20-32(49)42-15-13-39)45-36(53)29-19-24-17-22(8-10-31(24)48)21-7-9-30(47)23(16-21)18-26(41)33(50)44-28(6-2-12-38)35(52)46-29/h7-10,16-17,25-29,47-48H,1-6,11-15,18-20,37-41H2,(H,42,49)(H,43,51)(H,44,50)(H,45,53)(H,46,52)/t25-,26+,27+,28+,29+/m1/s1. The van der Waals surface area contributed by atoms with Crippen molar-refractivity contribution in [2.45, 2.75) is 88.0 Å². The Bertz CT molecular complexity index is 1560. The van der Waals surface area contributed by atoms with Gasteiger partial charge in [0.25, 0.3) is 0 Å². The second-order valence-corrected chi connectivity index (χ2v) is 13.3. The monoisotopic (exact) mass is 740 g/mol. The van der Waals surface area contributed by atoms with E-state index in [0.29, 0.717) is 61.0 Å².